The van der Waals surface area contributed by atoms with Crippen LogP contribution in [-0.4, -0.2) is 35.1 Å². The lowest BCUT2D eigenvalue weighted by atomic mass is 10.0. The first kappa shape index (κ1) is 15.6. The van der Waals surface area contributed by atoms with Crippen LogP contribution in [0.25, 0.3) is 0 Å². The topological polar surface area (TPSA) is 40.5 Å². The summed E-state index contributed by atoms with van der Waals surface area (Å²) in [6, 6.07) is 5.96. The Morgan fingerprint density at radius 3 is 2.95 bits per heavy atom. The molecule has 0 bridgehead atoms. The zero-order valence-electron chi connectivity index (χ0n) is 12.9. The number of aliphatic hydroxyl groups is 1. The summed E-state index contributed by atoms with van der Waals surface area (Å²) in [4.78, 5) is 14.8. The van der Waals surface area contributed by atoms with Crippen LogP contribution in [0.2, 0.25) is 0 Å². The summed E-state index contributed by atoms with van der Waals surface area (Å²) >= 11 is 0. The van der Waals surface area contributed by atoms with Crippen LogP contribution in [0.5, 0.6) is 0 Å². The number of aryl methyl sites for hydroxylation is 1. The Morgan fingerprint density at radius 2 is 2.19 bits per heavy atom. The maximum atomic E-state index is 12.8. The van der Waals surface area contributed by atoms with Gasteiger partial charge in [-0.3, -0.25) is 4.79 Å². The normalized spacial score (nSPS) is 18.6. The van der Waals surface area contributed by atoms with Gasteiger partial charge in [0.25, 0.3) is 5.91 Å². The lowest BCUT2D eigenvalue weighted by Crippen LogP contribution is -2.38. The van der Waals surface area contributed by atoms with E-state index in [-0.39, 0.29) is 12.5 Å². The summed E-state index contributed by atoms with van der Waals surface area (Å²) in [7, 11) is 0. The monoisotopic (exact) mass is 285 g/mol. The number of likely N-dealkylation sites (tertiary alicyclic amines) is 1. The van der Waals surface area contributed by atoms with Gasteiger partial charge in [0.1, 0.15) is 6.61 Å². The van der Waals surface area contributed by atoms with Crippen molar-refractivity contribution >= 4 is 5.91 Å². The number of hydrogen-bond acceptors (Lipinski definition) is 2. The second kappa shape index (κ2) is 7.28. The maximum Gasteiger partial charge on any atom is 0.254 e. The quantitative estimate of drug-likeness (QED) is 0.806. The molecule has 0 radical (unpaired) electrons. The predicted octanol–water partition coefficient (Wildman–Crippen LogP) is 2.74. The Bertz CT molecular complexity index is 568. The molecular weight excluding hydrogens is 262 g/mol. The van der Waals surface area contributed by atoms with E-state index in [1.807, 2.05) is 30.0 Å². The second-order valence-electron chi connectivity index (χ2n) is 5.69. The van der Waals surface area contributed by atoms with Crippen molar-refractivity contribution in [2.75, 3.05) is 13.2 Å². The highest BCUT2D eigenvalue weighted by atomic mass is 16.2. The Balaban J connectivity index is 2.28. The molecule has 0 aliphatic carbocycles. The molecule has 21 heavy (non-hydrogen) atoms. The van der Waals surface area contributed by atoms with E-state index in [1.165, 1.54) is 12.8 Å². The Hall–Kier alpha value is -1.79. The zero-order valence-corrected chi connectivity index (χ0v) is 12.9. The number of rotatable bonds is 1. The first-order valence-corrected chi connectivity index (χ1v) is 7.65. The van der Waals surface area contributed by atoms with Crippen LogP contribution < -0.4 is 0 Å². The van der Waals surface area contributed by atoms with Crippen molar-refractivity contribution < 1.29 is 9.90 Å². The summed E-state index contributed by atoms with van der Waals surface area (Å²) < 4.78 is 0. The molecule has 2 rings (SSSR count). The van der Waals surface area contributed by atoms with Crippen molar-refractivity contribution in [2.45, 2.75) is 45.6 Å². The molecule has 0 spiro atoms. The van der Waals surface area contributed by atoms with Crippen LogP contribution in [0, 0.1) is 18.8 Å². The molecule has 1 heterocycles. The molecule has 0 saturated carbocycles. The van der Waals surface area contributed by atoms with Crippen LogP contribution in [0.3, 0.4) is 0 Å². The van der Waals surface area contributed by atoms with E-state index in [9.17, 15) is 4.79 Å². The smallest absolute Gasteiger partial charge is 0.254 e. The van der Waals surface area contributed by atoms with Gasteiger partial charge in [-0.2, -0.15) is 0 Å². The van der Waals surface area contributed by atoms with Crippen LogP contribution in [0.4, 0.5) is 0 Å². The minimum Gasteiger partial charge on any atom is -0.384 e. The van der Waals surface area contributed by atoms with Gasteiger partial charge in [0.2, 0.25) is 0 Å². The highest BCUT2D eigenvalue weighted by molar-refractivity contribution is 5.96. The first-order valence-electron chi connectivity index (χ1n) is 7.65. The fourth-order valence-corrected chi connectivity index (χ4v) is 2.80. The predicted molar refractivity (Wildman–Crippen MR) is 84.1 cm³/mol. The molecule has 1 saturated heterocycles. The molecule has 1 aliphatic heterocycles. The van der Waals surface area contributed by atoms with Gasteiger partial charge in [0.05, 0.1) is 0 Å². The standard InChI is InChI=1S/C18H23NO2/c1-14-9-10-16(8-6-12-20)13-17(14)18(21)19-11-5-3-4-7-15(19)2/h9-10,13,15,20H,3-5,7,11-12H2,1-2H3. The SMILES string of the molecule is Cc1ccc(C#CCO)cc1C(=O)N1CCCCCC1C. The number of aliphatic hydroxyl groups excluding tert-OH is 1. The third-order valence-electron chi connectivity index (χ3n) is 4.09. The molecule has 1 fully saturated rings. The highest BCUT2D eigenvalue weighted by Crippen LogP contribution is 2.21. The summed E-state index contributed by atoms with van der Waals surface area (Å²) in [6.07, 6.45) is 4.56. The van der Waals surface area contributed by atoms with Gasteiger partial charge in [-0.05, 0) is 44.4 Å². The summed E-state index contributed by atoms with van der Waals surface area (Å²) in [5, 5.41) is 8.78. The van der Waals surface area contributed by atoms with Gasteiger partial charge in [0.15, 0.2) is 0 Å². The first-order chi connectivity index (χ1) is 10.1. The molecule has 3 heteroatoms. The molecule has 1 aromatic rings. The average molecular weight is 285 g/mol. The largest absolute Gasteiger partial charge is 0.384 e. The minimum atomic E-state index is -0.166. The Labute approximate surface area is 127 Å². The van der Waals surface area contributed by atoms with Gasteiger partial charge >= 0.3 is 0 Å². The molecule has 0 aromatic heterocycles. The van der Waals surface area contributed by atoms with Gasteiger partial charge in [-0.1, -0.05) is 30.7 Å². The van der Waals surface area contributed by atoms with Crippen LogP contribution in [0.1, 0.15) is 54.1 Å². The fraction of sp³-hybridized carbons (Fsp3) is 0.500. The molecule has 1 N–H and O–H groups in total. The molecule has 1 unspecified atom stereocenters. The van der Waals surface area contributed by atoms with Gasteiger partial charge in [-0.25, -0.2) is 0 Å². The van der Waals surface area contributed by atoms with Crippen molar-refractivity contribution in [3.05, 3.63) is 34.9 Å². The molecule has 1 amide bonds. The zero-order chi connectivity index (χ0) is 15.2. The number of hydrogen-bond donors (Lipinski definition) is 1. The number of benzene rings is 1. The van der Waals surface area contributed by atoms with Crippen molar-refractivity contribution in [1.29, 1.82) is 0 Å². The summed E-state index contributed by atoms with van der Waals surface area (Å²) in [5.74, 6) is 5.61. The van der Waals surface area contributed by atoms with Gasteiger partial charge in [0, 0.05) is 23.7 Å². The molecule has 112 valence electrons. The fourth-order valence-electron chi connectivity index (χ4n) is 2.80. The maximum absolute atomic E-state index is 12.8. The molecular formula is C18H23NO2. The number of amides is 1. The third kappa shape index (κ3) is 3.86. The number of carbonyl (C=O) groups is 1. The van der Waals surface area contributed by atoms with E-state index in [0.29, 0.717) is 6.04 Å². The minimum absolute atomic E-state index is 0.106. The molecule has 1 aromatic carbocycles. The van der Waals surface area contributed by atoms with Gasteiger partial charge in [-0.15, -0.1) is 0 Å². The van der Waals surface area contributed by atoms with Crippen molar-refractivity contribution in [2.24, 2.45) is 0 Å². The van der Waals surface area contributed by atoms with Crippen molar-refractivity contribution in [1.82, 2.24) is 4.90 Å². The van der Waals surface area contributed by atoms with Crippen LogP contribution >= 0.6 is 0 Å². The van der Waals surface area contributed by atoms with Crippen LogP contribution in [0.15, 0.2) is 18.2 Å². The average Bonchev–Trinajstić information content (AvgIpc) is 2.70. The molecule has 3 nitrogen and oxygen atoms in total. The molecule has 1 atom stereocenters. The van der Waals surface area contributed by atoms with E-state index in [2.05, 4.69) is 18.8 Å². The van der Waals surface area contributed by atoms with E-state index in [1.54, 1.807) is 0 Å². The molecule has 1 aliphatic rings. The summed E-state index contributed by atoms with van der Waals surface area (Å²) in [5.41, 5.74) is 2.49. The van der Waals surface area contributed by atoms with E-state index in [0.717, 1.165) is 36.1 Å². The summed E-state index contributed by atoms with van der Waals surface area (Å²) in [6.45, 7) is 4.76. The van der Waals surface area contributed by atoms with Crippen LogP contribution in [-0.2, 0) is 0 Å². The number of nitrogens with zero attached hydrogens (tertiary/aromatic N) is 1. The van der Waals surface area contributed by atoms with E-state index >= 15 is 0 Å². The lowest BCUT2D eigenvalue weighted by molar-refractivity contribution is 0.0697. The van der Waals surface area contributed by atoms with Crippen molar-refractivity contribution in [3.63, 3.8) is 0 Å². The second-order valence-corrected chi connectivity index (χ2v) is 5.69. The third-order valence-corrected chi connectivity index (χ3v) is 4.09. The van der Waals surface area contributed by atoms with Gasteiger partial charge < -0.3 is 10.0 Å². The number of carbonyl (C=O) groups excluding carboxylic acids is 1. The van der Waals surface area contributed by atoms with Crippen molar-refractivity contribution in [3.8, 4) is 11.8 Å². The van der Waals surface area contributed by atoms with E-state index in [4.69, 9.17) is 5.11 Å². The lowest BCUT2D eigenvalue weighted by Gasteiger charge is -2.28. The van der Waals surface area contributed by atoms with E-state index < -0.39 is 0 Å². The Morgan fingerprint density at radius 1 is 1.38 bits per heavy atom. The Kier molecular flexibility index (Phi) is 5.41. The highest BCUT2D eigenvalue weighted by Gasteiger charge is 2.24.